The quantitative estimate of drug-likeness (QED) is 0.276. The molecule has 152 valence electrons. The number of benzene rings is 2. The van der Waals surface area contributed by atoms with Gasteiger partial charge in [0.25, 0.3) is 0 Å². The summed E-state index contributed by atoms with van der Waals surface area (Å²) in [5, 5.41) is 3.58. The van der Waals surface area contributed by atoms with Crippen LogP contribution in [-0.2, 0) is 14.3 Å². The number of alkyl halides is 1. The molecule has 0 spiro atoms. The lowest BCUT2D eigenvalue weighted by atomic mass is 10.1. The topological polar surface area (TPSA) is 81.7 Å². The van der Waals surface area contributed by atoms with Gasteiger partial charge in [0.1, 0.15) is 17.5 Å². The monoisotopic (exact) mass is 479 g/mol. The minimum absolute atomic E-state index is 0.236. The molecule has 1 N–H and O–H groups in total. The van der Waals surface area contributed by atoms with Crippen molar-refractivity contribution in [1.29, 1.82) is 0 Å². The highest BCUT2D eigenvalue weighted by Crippen LogP contribution is 2.24. The smallest absolute Gasteiger partial charge is 0.330 e. The van der Waals surface area contributed by atoms with E-state index in [1.807, 2.05) is 0 Å². The summed E-state index contributed by atoms with van der Waals surface area (Å²) in [7, 11) is 0. The van der Waals surface area contributed by atoms with Crippen molar-refractivity contribution in [1.82, 2.24) is 5.32 Å². The fourth-order valence-electron chi connectivity index (χ4n) is 2.86. The zero-order valence-corrected chi connectivity index (χ0v) is 17.7. The molecule has 0 radical (unpaired) electrons. The average molecular weight is 481 g/mol. The Balaban J connectivity index is 1.52. The summed E-state index contributed by atoms with van der Waals surface area (Å²) >= 11 is 9.06. The minimum atomic E-state index is -0.789. The van der Waals surface area contributed by atoms with Gasteiger partial charge in [-0.2, -0.15) is 0 Å². The van der Waals surface area contributed by atoms with Gasteiger partial charge in [0.15, 0.2) is 5.78 Å². The number of carbonyl (C=O) groups is 3. The summed E-state index contributed by atoms with van der Waals surface area (Å²) in [5.74, 6) is -0.434. The van der Waals surface area contributed by atoms with Gasteiger partial charge in [0, 0.05) is 10.6 Å². The predicted molar refractivity (Wildman–Crippen MR) is 112 cm³/mol. The van der Waals surface area contributed by atoms with Crippen molar-refractivity contribution in [2.45, 2.75) is 30.1 Å². The number of carbonyl (C=O) groups excluding carboxylic acids is 3. The molecule has 3 rings (SSSR count). The first-order valence-corrected chi connectivity index (χ1v) is 10.4. The van der Waals surface area contributed by atoms with Crippen LogP contribution in [0.2, 0.25) is 5.02 Å². The first-order valence-electron chi connectivity index (χ1n) is 9.12. The van der Waals surface area contributed by atoms with E-state index in [0.717, 1.165) is 13.0 Å². The fourth-order valence-corrected chi connectivity index (χ4v) is 3.51. The van der Waals surface area contributed by atoms with Gasteiger partial charge in [-0.25, -0.2) is 4.79 Å². The van der Waals surface area contributed by atoms with Crippen molar-refractivity contribution in [2.75, 3.05) is 6.54 Å². The van der Waals surface area contributed by atoms with Crippen LogP contribution < -0.4 is 10.1 Å². The first kappa shape index (κ1) is 21.5. The second-order valence-electron chi connectivity index (χ2n) is 6.56. The molecular weight excluding hydrogens is 462 g/mol. The molecule has 2 atom stereocenters. The SMILES string of the molecule is O=C(CC(Br)C(=O)c1ccc(Oc2ccc(Cl)cc2)cc1)OC(=O)[C@@H]1CCCN1. The zero-order chi connectivity index (χ0) is 20.8. The number of ether oxygens (including phenoxy) is 2. The van der Waals surface area contributed by atoms with Gasteiger partial charge in [-0.05, 0) is 67.9 Å². The van der Waals surface area contributed by atoms with Crippen molar-refractivity contribution < 1.29 is 23.9 Å². The maximum absolute atomic E-state index is 12.5. The predicted octanol–water partition coefficient (Wildman–Crippen LogP) is 4.29. The highest BCUT2D eigenvalue weighted by molar-refractivity contribution is 9.10. The zero-order valence-electron chi connectivity index (χ0n) is 15.4. The van der Waals surface area contributed by atoms with E-state index in [-0.39, 0.29) is 12.2 Å². The molecule has 29 heavy (non-hydrogen) atoms. The summed E-state index contributed by atoms with van der Waals surface area (Å²) in [6, 6.07) is 13.0. The summed E-state index contributed by atoms with van der Waals surface area (Å²) < 4.78 is 10.5. The van der Waals surface area contributed by atoms with Gasteiger partial charge >= 0.3 is 11.9 Å². The van der Waals surface area contributed by atoms with Crippen molar-refractivity contribution >= 4 is 45.3 Å². The molecular formula is C21H19BrClNO5. The maximum atomic E-state index is 12.5. The van der Waals surface area contributed by atoms with Crippen LogP contribution in [0.4, 0.5) is 0 Å². The summed E-state index contributed by atoms with van der Waals surface area (Å²) in [5.41, 5.74) is 0.409. The third-order valence-electron chi connectivity index (χ3n) is 4.38. The van der Waals surface area contributed by atoms with E-state index in [9.17, 15) is 14.4 Å². The van der Waals surface area contributed by atoms with Crippen LogP contribution in [0.3, 0.4) is 0 Å². The van der Waals surface area contributed by atoms with Crippen molar-refractivity contribution in [3.63, 3.8) is 0 Å². The van der Waals surface area contributed by atoms with E-state index in [2.05, 4.69) is 21.2 Å². The number of ketones is 1. The third kappa shape index (κ3) is 6.13. The van der Waals surface area contributed by atoms with Crippen LogP contribution in [-0.4, -0.2) is 35.1 Å². The van der Waals surface area contributed by atoms with Gasteiger partial charge in [0.05, 0.1) is 11.2 Å². The van der Waals surface area contributed by atoms with E-state index in [0.29, 0.717) is 28.5 Å². The lowest BCUT2D eigenvalue weighted by Crippen LogP contribution is -2.34. The van der Waals surface area contributed by atoms with Gasteiger partial charge < -0.3 is 14.8 Å². The lowest BCUT2D eigenvalue weighted by molar-refractivity contribution is -0.160. The normalized spacial score (nSPS) is 16.8. The molecule has 8 heteroatoms. The Morgan fingerprint density at radius 1 is 1.07 bits per heavy atom. The van der Waals surface area contributed by atoms with Crippen LogP contribution in [0, 0.1) is 0 Å². The Morgan fingerprint density at radius 2 is 1.69 bits per heavy atom. The Hall–Kier alpha value is -2.22. The molecule has 1 saturated heterocycles. The Labute approximate surface area is 181 Å². The number of nitrogens with one attached hydrogen (secondary N) is 1. The largest absolute Gasteiger partial charge is 0.457 e. The van der Waals surface area contributed by atoms with Crippen LogP contribution in [0.5, 0.6) is 11.5 Å². The number of esters is 2. The van der Waals surface area contributed by atoms with Crippen molar-refractivity contribution in [2.24, 2.45) is 0 Å². The van der Waals surface area contributed by atoms with Gasteiger partial charge in [-0.3, -0.25) is 9.59 Å². The minimum Gasteiger partial charge on any atom is -0.457 e. The van der Waals surface area contributed by atoms with Gasteiger partial charge in [0.2, 0.25) is 0 Å². The Bertz CT molecular complexity index is 879. The molecule has 0 saturated carbocycles. The van der Waals surface area contributed by atoms with Crippen molar-refractivity contribution in [3.8, 4) is 11.5 Å². The van der Waals surface area contributed by atoms with Crippen LogP contribution in [0.1, 0.15) is 29.6 Å². The lowest BCUT2D eigenvalue weighted by Gasteiger charge is -2.11. The maximum Gasteiger partial charge on any atom is 0.330 e. The van der Waals surface area contributed by atoms with E-state index in [1.165, 1.54) is 0 Å². The molecule has 0 aliphatic carbocycles. The van der Waals surface area contributed by atoms with E-state index in [1.54, 1.807) is 48.5 Å². The number of halogens is 2. The number of rotatable bonds is 7. The fraction of sp³-hybridized carbons (Fsp3) is 0.286. The summed E-state index contributed by atoms with van der Waals surface area (Å²) in [6.07, 6.45) is 1.28. The molecule has 1 heterocycles. The van der Waals surface area contributed by atoms with Gasteiger partial charge in [-0.15, -0.1) is 0 Å². The second-order valence-corrected chi connectivity index (χ2v) is 8.10. The summed E-state index contributed by atoms with van der Waals surface area (Å²) in [4.78, 5) is 35.5. The molecule has 1 aliphatic rings. The molecule has 6 nitrogen and oxygen atoms in total. The van der Waals surface area contributed by atoms with Crippen LogP contribution in [0.25, 0.3) is 0 Å². The molecule has 0 bridgehead atoms. The molecule has 1 fully saturated rings. The molecule has 2 aromatic carbocycles. The molecule has 1 aliphatic heterocycles. The number of hydrogen-bond donors (Lipinski definition) is 1. The van der Waals surface area contributed by atoms with Crippen LogP contribution >= 0.6 is 27.5 Å². The average Bonchev–Trinajstić information content (AvgIpc) is 3.25. The molecule has 0 aromatic heterocycles. The van der Waals surface area contributed by atoms with E-state index in [4.69, 9.17) is 21.1 Å². The highest BCUT2D eigenvalue weighted by atomic mass is 79.9. The van der Waals surface area contributed by atoms with E-state index >= 15 is 0 Å². The van der Waals surface area contributed by atoms with Crippen molar-refractivity contribution in [3.05, 3.63) is 59.1 Å². The summed E-state index contributed by atoms with van der Waals surface area (Å²) in [6.45, 7) is 0.727. The number of hydrogen-bond acceptors (Lipinski definition) is 6. The van der Waals surface area contributed by atoms with E-state index < -0.39 is 22.8 Å². The standard InChI is InChI=1S/C21H19BrClNO5/c22-17(12-19(25)29-21(27)18-2-1-11-24-18)20(26)13-3-7-15(8-4-13)28-16-9-5-14(23)6-10-16/h3-10,17-18,24H,1-2,11-12H2/t17?,18-/m0/s1. The first-order chi connectivity index (χ1) is 13.9. The van der Waals surface area contributed by atoms with Gasteiger partial charge in [-0.1, -0.05) is 27.5 Å². The Morgan fingerprint density at radius 3 is 2.28 bits per heavy atom. The second kappa shape index (κ2) is 10.0. The number of Topliss-reactive ketones (excluding diaryl/α,β-unsaturated/α-hetero) is 1. The molecule has 2 aromatic rings. The molecule has 0 amide bonds. The van der Waals surface area contributed by atoms with Crippen LogP contribution in [0.15, 0.2) is 48.5 Å². The highest BCUT2D eigenvalue weighted by Gasteiger charge is 2.28. The molecule has 1 unspecified atom stereocenters. The Kier molecular flexibility index (Phi) is 7.41. The third-order valence-corrected chi connectivity index (χ3v) is 5.37.